The summed E-state index contributed by atoms with van der Waals surface area (Å²) in [7, 11) is 0. The van der Waals surface area contributed by atoms with E-state index in [4.69, 9.17) is 6.42 Å². The molecule has 0 aliphatic heterocycles. The summed E-state index contributed by atoms with van der Waals surface area (Å²) >= 11 is 0. The second kappa shape index (κ2) is 7.85. The molecule has 0 saturated carbocycles. The Labute approximate surface area is 112 Å². The van der Waals surface area contributed by atoms with Gasteiger partial charge in [0.1, 0.15) is 17.5 Å². The molecule has 1 aromatic rings. The smallest absolute Gasteiger partial charge is 0.133 e. The van der Waals surface area contributed by atoms with Gasteiger partial charge in [-0.3, -0.25) is 0 Å². The van der Waals surface area contributed by atoms with E-state index in [0.29, 0.717) is 37.9 Å². The first kappa shape index (κ1) is 15.6. The van der Waals surface area contributed by atoms with E-state index in [1.54, 1.807) is 0 Å². The molecule has 1 atom stereocenters. The molecule has 0 heterocycles. The SMILES string of the molecule is C#CCCCC(NCCC)c1c(F)cc(F)cc1F. The van der Waals surface area contributed by atoms with Crippen LogP contribution in [0.2, 0.25) is 0 Å². The fourth-order valence-electron chi connectivity index (χ4n) is 1.96. The third kappa shape index (κ3) is 4.60. The van der Waals surface area contributed by atoms with Crippen LogP contribution in [0.4, 0.5) is 13.2 Å². The fourth-order valence-corrected chi connectivity index (χ4v) is 1.96. The van der Waals surface area contributed by atoms with Crippen molar-refractivity contribution in [2.24, 2.45) is 0 Å². The molecule has 0 aliphatic carbocycles. The van der Waals surface area contributed by atoms with Crippen LogP contribution in [-0.4, -0.2) is 6.54 Å². The van der Waals surface area contributed by atoms with Crippen molar-refractivity contribution in [2.45, 2.75) is 38.6 Å². The van der Waals surface area contributed by atoms with Crippen LogP contribution in [-0.2, 0) is 0 Å². The molecule has 0 amide bonds. The Hall–Kier alpha value is -1.47. The molecule has 0 aliphatic rings. The number of halogens is 3. The Morgan fingerprint density at radius 2 is 1.89 bits per heavy atom. The van der Waals surface area contributed by atoms with Crippen LogP contribution in [0.5, 0.6) is 0 Å². The number of unbranched alkanes of at least 4 members (excludes halogenated alkanes) is 1. The molecule has 4 heteroatoms. The number of hydrogen-bond donors (Lipinski definition) is 1. The Balaban J connectivity index is 2.93. The number of nitrogens with one attached hydrogen (secondary N) is 1. The van der Waals surface area contributed by atoms with E-state index in [1.807, 2.05) is 6.92 Å². The minimum Gasteiger partial charge on any atom is -0.310 e. The second-order valence-electron chi connectivity index (χ2n) is 4.39. The fraction of sp³-hybridized carbons (Fsp3) is 0.467. The standard InChI is InChI=1S/C15H18F3N/c1-3-5-6-7-14(19-8-4-2)15-12(17)9-11(16)10-13(15)18/h1,9-10,14,19H,4-8H2,2H3. The number of rotatable bonds is 7. The molecule has 0 saturated heterocycles. The molecule has 19 heavy (non-hydrogen) atoms. The highest BCUT2D eigenvalue weighted by atomic mass is 19.1. The lowest BCUT2D eigenvalue weighted by molar-refractivity contribution is 0.433. The van der Waals surface area contributed by atoms with Gasteiger partial charge in [0.15, 0.2) is 0 Å². The van der Waals surface area contributed by atoms with Crippen LogP contribution in [0.25, 0.3) is 0 Å². The van der Waals surface area contributed by atoms with Crippen molar-refractivity contribution in [3.05, 3.63) is 35.1 Å². The van der Waals surface area contributed by atoms with Crippen LogP contribution >= 0.6 is 0 Å². The average Bonchev–Trinajstić information content (AvgIpc) is 2.34. The minimum absolute atomic E-state index is 0.105. The van der Waals surface area contributed by atoms with Gasteiger partial charge in [0.05, 0.1) is 0 Å². The van der Waals surface area contributed by atoms with E-state index >= 15 is 0 Å². The summed E-state index contributed by atoms with van der Waals surface area (Å²) < 4.78 is 40.4. The third-order valence-electron chi connectivity index (χ3n) is 2.85. The zero-order valence-corrected chi connectivity index (χ0v) is 11.0. The van der Waals surface area contributed by atoms with E-state index in [-0.39, 0.29) is 5.56 Å². The normalized spacial score (nSPS) is 12.2. The maximum atomic E-state index is 13.7. The van der Waals surface area contributed by atoms with E-state index in [2.05, 4.69) is 11.2 Å². The van der Waals surface area contributed by atoms with Crippen LogP contribution in [0.3, 0.4) is 0 Å². The van der Waals surface area contributed by atoms with Gasteiger partial charge >= 0.3 is 0 Å². The molecule has 0 fully saturated rings. The highest BCUT2D eigenvalue weighted by Crippen LogP contribution is 2.26. The molecule has 1 nitrogen and oxygen atoms in total. The monoisotopic (exact) mass is 269 g/mol. The predicted molar refractivity (Wildman–Crippen MR) is 70.0 cm³/mol. The average molecular weight is 269 g/mol. The van der Waals surface area contributed by atoms with E-state index in [0.717, 1.165) is 6.42 Å². The molecule has 1 rings (SSSR count). The van der Waals surface area contributed by atoms with Crippen molar-refractivity contribution < 1.29 is 13.2 Å². The quantitative estimate of drug-likeness (QED) is 0.584. The maximum absolute atomic E-state index is 13.7. The lowest BCUT2D eigenvalue weighted by atomic mass is 9.99. The summed E-state index contributed by atoms with van der Waals surface area (Å²) in [5.41, 5.74) is -0.105. The van der Waals surface area contributed by atoms with Gasteiger partial charge in [0.25, 0.3) is 0 Å². The summed E-state index contributed by atoms with van der Waals surface area (Å²) in [6, 6.07) is 0.939. The van der Waals surface area contributed by atoms with Gasteiger partial charge in [-0.15, -0.1) is 12.3 Å². The number of terminal acetylenes is 1. The van der Waals surface area contributed by atoms with E-state index in [9.17, 15) is 13.2 Å². The molecule has 0 radical (unpaired) electrons. The maximum Gasteiger partial charge on any atom is 0.133 e. The predicted octanol–water partition coefficient (Wildman–Crippen LogP) is 3.95. The first-order chi connectivity index (χ1) is 9.10. The lowest BCUT2D eigenvalue weighted by Crippen LogP contribution is -2.24. The Kier molecular flexibility index (Phi) is 6.44. The Morgan fingerprint density at radius 1 is 1.26 bits per heavy atom. The van der Waals surface area contributed by atoms with Gasteiger partial charge in [0, 0.05) is 30.2 Å². The van der Waals surface area contributed by atoms with Crippen LogP contribution < -0.4 is 5.32 Å². The second-order valence-corrected chi connectivity index (χ2v) is 4.39. The minimum atomic E-state index is -0.906. The van der Waals surface area contributed by atoms with Crippen LogP contribution in [0, 0.1) is 29.8 Å². The van der Waals surface area contributed by atoms with Gasteiger partial charge in [0.2, 0.25) is 0 Å². The first-order valence-electron chi connectivity index (χ1n) is 6.41. The summed E-state index contributed by atoms with van der Waals surface area (Å²) in [5, 5.41) is 3.07. The summed E-state index contributed by atoms with van der Waals surface area (Å²) in [5.74, 6) is -0.122. The molecular weight excluding hydrogens is 251 g/mol. The van der Waals surface area contributed by atoms with Gasteiger partial charge in [-0.25, -0.2) is 13.2 Å². The van der Waals surface area contributed by atoms with Crippen molar-refractivity contribution in [3.8, 4) is 12.3 Å². The topological polar surface area (TPSA) is 12.0 Å². The zero-order valence-electron chi connectivity index (χ0n) is 11.0. The highest BCUT2D eigenvalue weighted by molar-refractivity contribution is 5.24. The molecule has 1 unspecified atom stereocenters. The third-order valence-corrected chi connectivity index (χ3v) is 2.85. The summed E-state index contributed by atoms with van der Waals surface area (Å²) in [6.07, 6.45) is 7.74. The number of benzene rings is 1. The molecule has 1 N–H and O–H groups in total. The van der Waals surface area contributed by atoms with E-state index < -0.39 is 23.5 Å². The molecule has 104 valence electrons. The van der Waals surface area contributed by atoms with Gasteiger partial charge in [-0.05, 0) is 25.8 Å². The van der Waals surface area contributed by atoms with Crippen molar-refractivity contribution in [2.75, 3.05) is 6.54 Å². The van der Waals surface area contributed by atoms with Gasteiger partial charge in [-0.1, -0.05) is 6.92 Å². The van der Waals surface area contributed by atoms with Gasteiger partial charge < -0.3 is 5.32 Å². The largest absolute Gasteiger partial charge is 0.310 e. The Bertz CT molecular complexity index is 428. The lowest BCUT2D eigenvalue weighted by Gasteiger charge is -2.20. The highest BCUT2D eigenvalue weighted by Gasteiger charge is 2.20. The van der Waals surface area contributed by atoms with Gasteiger partial charge in [-0.2, -0.15) is 0 Å². The number of hydrogen-bond acceptors (Lipinski definition) is 1. The van der Waals surface area contributed by atoms with E-state index in [1.165, 1.54) is 0 Å². The van der Waals surface area contributed by atoms with Crippen molar-refractivity contribution in [1.29, 1.82) is 0 Å². The van der Waals surface area contributed by atoms with Crippen molar-refractivity contribution >= 4 is 0 Å². The summed E-state index contributed by atoms with van der Waals surface area (Å²) in [4.78, 5) is 0. The molecule has 0 bridgehead atoms. The zero-order chi connectivity index (χ0) is 14.3. The van der Waals surface area contributed by atoms with Crippen LogP contribution in [0.1, 0.15) is 44.2 Å². The van der Waals surface area contributed by atoms with Crippen molar-refractivity contribution in [1.82, 2.24) is 5.32 Å². The molecule has 0 aromatic heterocycles. The molecular formula is C15H18F3N. The Morgan fingerprint density at radius 3 is 2.42 bits per heavy atom. The first-order valence-corrected chi connectivity index (χ1v) is 6.41. The van der Waals surface area contributed by atoms with Crippen molar-refractivity contribution in [3.63, 3.8) is 0 Å². The summed E-state index contributed by atoms with van der Waals surface area (Å²) in [6.45, 7) is 2.60. The molecule has 0 spiro atoms. The molecule has 1 aromatic carbocycles. The van der Waals surface area contributed by atoms with Crippen LogP contribution in [0.15, 0.2) is 12.1 Å².